The van der Waals surface area contributed by atoms with Crippen LogP contribution in [0.5, 0.6) is 11.6 Å². The van der Waals surface area contributed by atoms with Gasteiger partial charge >= 0.3 is 0 Å². The SMILES string of the molecule is C=NC1=C(C=Nc2ccc(OCCOC)cc2)CCN(c2cnc3c(c2C)NCCO3)C1. The number of aliphatic imine (C=N–C) groups is 2. The number of aromatic nitrogens is 1. The Bertz CT molecular complexity index is 1020. The number of rotatable bonds is 8. The summed E-state index contributed by atoms with van der Waals surface area (Å²) in [4.78, 5) is 15.7. The molecule has 1 N–H and O–H groups in total. The molecule has 0 unspecified atom stereocenters. The smallest absolute Gasteiger partial charge is 0.237 e. The third kappa shape index (κ3) is 4.91. The highest BCUT2D eigenvalue weighted by Crippen LogP contribution is 2.36. The molecule has 2 aliphatic heterocycles. The number of anilines is 2. The second-order valence-corrected chi connectivity index (χ2v) is 7.62. The van der Waals surface area contributed by atoms with Crippen LogP contribution in [0.3, 0.4) is 0 Å². The number of benzene rings is 1. The van der Waals surface area contributed by atoms with Gasteiger partial charge in [0.2, 0.25) is 5.88 Å². The van der Waals surface area contributed by atoms with Crippen molar-refractivity contribution in [2.45, 2.75) is 13.3 Å². The van der Waals surface area contributed by atoms with E-state index in [1.165, 1.54) is 0 Å². The first-order valence-corrected chi connectivity index (χ1v) is 10.8. The number of ether oxygens (including phenoxy) is 3. The van der Waals surface area contributed by atoms with Crippen molar-refractivity contribution in [2.75, 3.05) is 56.8 Å². The largest absolute Gasteiger partial charge is 0.491 e. The normalized spacial score (nSPS) is 15.9. The van der Waals surface area contributed by atoms with Crippen LogP contribution in [0.15, 0.2) is 51.7 Å². The Labute approximate surface area is 188 Å². The second-order valence-electron chi connectivity index (χ2n) is 7.62. The van der Waals surface area contributed by atoms with Gasteiger partial charge in [0.25, 0.3) is 0 Å². The molecule has 0 saturated carbocycles. The quantitative estimate of drug-likeness (QED) is 0.502. The summed E-state index contributed by atoms with van der Waals surface area (Å²) in [6.45, 7) is 9.93. The summed E-state index contributed by atoms with van der Waals surface area (Å²) in [6, 6.07) is 7.70. The van der Waals surface area contributed by atoms with Crippen LogP contribution >= 0.6 is 0 Å². The van der Waals surface area contributed by atoms with E-state index in [9.17, 15) is 0 Å². The van der Waals surface area contributed by atoms with E-state index in [0.717, 1.165) is 59.2 Å². The van der Waals surface area contributed by atoms with Crippen LogP contribution in [0.25, 0.3) is 0 Å². The Kier molecular flexibility index (Phi) is 7.01. The first-order valence-electron chi connectivity index (χ1n) is 10.8. The summed E-state index contributed by atoms with van der Waals surface area (Å²) in [6.07, 6.45) is 4.61. The van der Waals surface area contributed by atoms with Crippen LogP contribution in [-0.2, 0) is 4.74 Å². The van der Waals surface area contributed by atoms with E-state index in [2.05, 4.69) is 38.8 Å². The van der Waals surface area contributed by atoms with Gasteiger partial charge in [-0.1, -0.05) is 0 Å². The van der Waals surface area contributed by atoms with Gasteiger partial charge in [-0.15, -0.1) is 0 Å². The molecule has 0 fully saturated rings. The molecule has 0 radical (unpaired) electrons. The molecule has 0 aliphatic carbocycles. The van der Waals surface area contributed by atoms with Gasteiger partial charge in [-0.2, -0.15) is 0 Å². The first-order chi connectivity index (χ1) is 15.7. The van der Waals surface area contributed by atoms with Gasteiger partial charge in [-0.25, -0.2) is 4.98 Å². The molecule has 4 rings (SSSR count). The molecule has 2 aliphatic rings. The predicted molar refractivity (Wildman–Crippen MR) is 128 cm³/mol. The van der Waals surface area contributed by atoms with Crippen LogP contribution in [0.2, 0.25) is 0 Å². The summed E-state index contributed by atoms with van der Waals surface area (Å²) < 4.78 is 16.2. The minimum Gasteiger partial charge on any atom is -0.491 e. The van der Waals surface area contributed by atoms with Crippen molar-refractivity contribution < 1.29 is 14.2 Å². The standard InChI is InChI=1S/C24H29N5O3/c1-17-22(15-28-24-23(17)26-9-11-32-24)29-10-8-18(21(16-29)25-2)14-27-19-4-6-20(7-5-19)31-13-12-30-3/h4-7,14-15,26H,2,8-13,16H2,1,3H3. The van der Waals surface area contributed by atoms with E-state index < -0.39 is 0 Å². The number of nitrogens with one attached hydrogen (secondary N) is 1. The zero-order valence-corrected chi connectivity index (χ0v) is 18.6. The van der Waals surface area contributed by atoms with E-state index in [-0.39, 0.29) is 0 Å². The van der Waals surface area contributed by atoms with Crippen molar-refractivity contribution in [3.05, 3.63) is 47.3 Å². The maximum atomic E-state index is 5.65. The molecule has 3 heterocycles. The van der Waals surface area contributed by atoms with Crippen LogP contribution in [0.4, 0.5) is 17.1 Å². The number of fused-ring (bicyclic) bond motifs is 1. The molecule has 168 valence electrons. The van der Waals surface area contributed by atoms with E-state index in [4.69, 9.17) is 14.2 Å². The van der Waals surface area contributed by atoms with Crippen molar-refractivity contribution in [3.63, 3.8) is 0 Å². The lowest BCUT2D eigenvalue weighted by Gasteiger charge is -2.32. The zero-order valence-electron chi connectivity index (χ0n) is 18.6. The molecule has 2 aromatic rings. The Hall–Kier alpha value is -3.39. The first kappa shape index (κ1) is 21.8. The summed E-state index contributed by atoms with van der Waals surface area (Å²) in [5.74, 6) is 1.48. The molecule has 0 atom stereocenters. The molecule has 8 nitrogen and oxygen atoms in total. The van der Waals surface area contributed by atoms with Crippen LogP contribution < -0.4 is 19.7 Å². The average molecular weight is 436 g/mol. The Morgan fingerprint density at radius 3 is 2.91 bits per heavy atom. The second kappa shape index (κ2) is 10.3. The highest BCUT2D eigenvalue weighted by Gasteiger charge is 2.23. The van der Waals surface area contributed by atoms with E-state index in [0.29, 0.717) is 32.2 Å². The lowest BCUT2D eigenvalue weighted by Crippen LogP contribution is -2.33. The molecular weight excluding hydrogens is 406 g/mol. The third-order valence-corrected chi connectivity index (χ3v) is 5.58. The maximum Gasteiger partial charge on any atom is 0.237 e. The zero-order chi connectivity index (χ0) is 22.3. The number of hydrogen-bond acceptors (Lipinski definition) is 8. The van der Waals surface area contributed by atoms with Crippen LogP contribution in [0.1, 0.15) is 12.0 Å². The maximum absolute atomic E-state index is 5.65. The Morgan fingerprint density at radius 2 is 2.12 bits per heavy atom. The third-order valence-electron chi connectivity index (χ3n) is 5.58. The van der Waals surface area contributed by atoms with Gasteiger partial charge < -0.3 is 24.4 Å². The summed E-state index contributed by atoms with van der Waals surface area (Å²) in [5, 5.41) is 3.40. The highest BCUT2D eigenvalue weighted by atomic mass is 16.5. The molecule has 8 heteroatoms. The minimum absolute atomic E-state index is 0.527. The van der Waals surface area contributed by atoms with E-state index >= 15 is 0 Å². The topological polar surface area (TPSA) is 80.6 Å². The fourth-order valence-electron chi connectivity index (χ4n) is 3.81. The van der Waals surface area contributed by atoms with Crippen molar-refractivity contribution in [2.24, 2.45) is 9.98 Å². The monoisotopic (exact) mass is 435 g/mol. The van der Waals surface area contributed by atoms with Crippen molar-refractivity contribution in [3.8, 4) is 11.6 Å². The van der Waals surface area contributed by atoms with Gasteiger partial charge in [0.15, 0.2) is 0 Å². The van der Waals surface area contributed by atoms with Crippen LogP contribution in [-0.4, -0.2) is 64.5 Å². The summed E-state index contributed by atoms with van der Waals surface area (Å²) in [7, 11) is 1.66. The lowest BCUT2D eigenvalue weighted by molar-refractivity contribution is 0.146. The molecule has 0 spiro atoms. The van der Waals surface area contributed by atoms with Gasteiger partial charge in [-0.05, 0) is 49.9 Å². The Morgan fingerprint density at radius 1 is 1.28 bits per heavy atom. The van der Waals surface area contributed by atoms with Crippen molar-refractivity contribution in [1.29, 1.82) is 0 Å². The summed E-state index contributed by atoms with van der Waals surface area (Å²) >= 11 is 0. The molecule has 0 amide bonds. The fraction of sp³-hybridized carbons (Fsp3) is 0.375. The molecule has 0 saturated heterocycles. The number of pyridine rings is 1. The van der Waals surface area contributed by atoms with E-state index in [1.807, 2.05) is 36.7 Å². The fourth-order valence-corrected chi connectivity index (χ4v) is 3.81. The van der Waals surface area contributed by atoms with E-state index in [1.54, 1.807) is 7.11 Å². The average Bonchev–Trinajstić information content (AvgIpc) is 2.84. The number of nitrogens with zero attached hydrogens (tertiary/aromatic N) is 4. The molecule has 1 aromatic heterocycles. The summed E-state index contributed by atoms with van der Waals surface area (Å²) in [5.41, 5.74) is 6.10. The molecular formula is C24H29N5O3. The Balaban J connectivity index is 1.45. The van der Waals surface area contributed by atoms with Crippen molar-refractivity contribution in [1.82, 2.24) is 4.98 Å². The lowest BCUT2D eigenvalue weighted by atomic mass is 10.0. The molecule has 1 aromatic carbocycles. The predicted octanol–water partition coefficient (Wildman–Crippen LogP) is 3.79. The number of hydrogen-bond donors (Lipinski definition) is 1. The van der Waals surface area contributed by atoms with Crippen LogP contribution in [0, 0.1) is 6.92 Å². The highest BCUT2D eigenvalue weighted by molar-refractivity contribution is 5.83. The van der Waals surface area contributed by atoms with Gasteiger partial charge in [-0.3, -0.25) is 9.98 Å². The van der Waals surface area contributed by atoms with Gasteiger partial charge in [0.1, 0.15) is 24.7 Å². The van der Waals surface area contributed by atoms with Gasteiger partial charge in [0.05, 0.1) is 36.4 Å². The minimum atomic E-state index is 0.527. The van der Waals surface area contributed by atoms with Crippen molar-refractivity contribution >= 4 is 30.0 Å². The number of methoxy groups -OCH3 is 1. The molecule has 32 heavy (non-hydrogen) atoms. The van der Waals surface area contributed by atoms with Gasteiger partial charge in [0, 0.05) is 32.0 Å². The molecule has 0 bridgehead atoms.